The molecular weight excluding hydrogens is 198 g/mol. The number of halogens is 1. The van der Waals surface area contributed by atoms with Crippen LogP contribution in [0.3, 0.4) is 0 Å². The lowest BCUT2D eigenvalue weighted by Gasteiger charge is -2.19. The lowest BCUT2D eigenvalue weighted by atomic mass is 9.95. The number of carbonyl (C=O) groups is 1. The summed E-state index contributed by atoms with van der Waals surface area (Å²) in [5.74, 6) is -0.0423. The lowest BCUT2D eigenvalue weighted by molar-refractivity contribution is 0.0946. The number of amides is 1. The number of hydrogen-bond donors (Lipinski definition) is 1. The smallest absolute Gasteiger partial charge is 0.253 e. The van der Waals surface area contributed by atoms with E-state index in [2.05, 4.69) is 11.4 Å². The SMILES string of the molecule is Cc1cc2c(c(Cl)c1C)C(=O)NCC2. The van der Waals surface area contributed by atoms with E-state index in [-0.39, 0.29) is 5.91 Å². The lowest BCUT2D eigenvalue weighted by Crippen LogP contribution is -2.32. The summed E-state index contributed by atoms with van der Waals surface area (Å²) in [6.07, 6.45) is 0.877. The van der Waals surface area contributed by atoms with Crippen LogP contribution in [-0.4, -0.2) is 12.5 Å². The van der Waals surface area contributed by atoms with Crippen LogP contribution in [0.5, 0.6) is 0 Å². The molecule has 1 aromatic rings. The van der Waals surface area contributed by atoms with E-state index in [1.807, 2.05) is 13.8 Å². The van der Waals surface area contributed by atoms with Gasteiger partial charge in [-0.05, 0) is 37.0 Å². The number of fused-ring (bicyclic) bond motifs is 1. The molecule has 0 saturated carbocycles. The van der Waals surface area contributed by atoms with Crippen LogP contribution >= 0.6 is 11.6 Å². The Morgan fingerprint density at radius 1 is 1.43 bits per heavy atom. The number of hydrogen-bond acceptors (Lipinski definition) is 1. The van der Waals surface area contributed by atoms with Gasteiger partial charge in [0.1, 0.15) is 0 Å². The van der Waals surface area contributed by atoms with Gasteiger partial charge < -0.3 is 5.32 Å². The molecule has 3 heteroatoms. The number of rotatable bonds is 0. The van der Waals surface area contributed by atoms with Gasteiger partial charge in [0.15, 0.2) is 0 Å². The van der Waals surface area contributed by atoms with Crippen molar-refractivity contribution in [1.82, 2.24) is 5.32 Å². The van der Waals surface area contributed by atoms with Gasteiger partial charge in [0.2, 0.25) is 0 Å². The Morgan fingerprint density at radius 2 is 2.14 bits per heavy atom. The first-order valence-corrected chi connectivity index (χ1v) is 5.06. The molecule has 0 bridgehead atoms. The van der Waals surface area contributed by atoms with Gasteiger partial charge in [-0.2, -0.15) is 0 Å². The molecule has 14 heavy (non-hydrogen) atoms. The van der Waals surface area contributed by atoms with Crippen LogP contribution in [-0.2, 0) is 6.42 Å². The van der Waals surface area contributed by atoms with Crippen LogP contribution in [0.25, 0.3) is 0 Å². The van der Waals surface area contributed by atoms with Crippen molar-refractivity contribution in [2.24, 2.45) is 0 Å². The Kier molecular flexibility index (Phi) is 2.23. The quantitative estimate of drug-likeness (QED) is 0.698. The van der Waals surface area contributed by atoms with Gasteiger partial charge in [-0.15, -0.1) is 0 Å². The molecule has 0 radical (unpaired) electrons. The summed E-state index contributed by atoms with van der Waals surface area (Å²) in [5.41, 5.74) is 3.90. The van der Waals surface area contributed by atoms with Crippen molar-refractivity contribution in [3.63, 3.8) is 0 Å². The molecule has 1 N–H and O–H groups in total. The minimum absolute atomic E-state index is 0.0423. The fourth-order valence-electron chi connectivity index (χ4n) is 1.79. The number of benzene rings is 1. The van der Waals surface area contributed by atoms with E-state index in [4.69, 9.17) is 11.6 Å². The standard InChI is InChI=1S/C11H12ClNO/c1-6-5-8-3-4-13-11(14)9(8)10(12)7(6)2/h5H,3-4H2,1-2H3,(H,13,14). The summed E-state index contributed by atoms with van der Waals surface area (Å²) < 4.78 is 0. The number of carbonyl (C=O) groups excluding carboxylic acids is 1. The molecule has 74 valence electrons. The van der Waals surface area contributed by atoms with Crippen LogP contribution in [0.15, 0.2) is 6.07 Å². The zero-order valence-electron chi connectivity index (χ0n) is 8.28. The molecule has 0 fully saturated rings. The second-order valence-electron chi connectivity index (χ2n) is 3.67. The van der Waals surface area contributed by atoms with Crippen molar-refractivity contribution < 1.29 is 4.79 Å². The van der Waals surface area contributed by atoms with Crippen LogP contribution in [0, 0.1) is 13.8 Å². The second kappa shape index (κ2) is 3.28. The maximum absolute atomic E-state index is 11.6. The van der Waals surface area contributed by atoms with E-state index in [9.17, 15) is 4.79 Å². The minimum Gasteiger partial charge on any atom is -0.352 e. The molecule has 2 rings (SSSR count). The molecular formula is C11H12ClNO. The Balaban J connectivity index is 2.70. The molecule has 1 aliphatic heterocycles. The van der Waals surface area contributed by atoms with Crippen molar-refractivity contribution in [1.29, 1.82) is 0 Å². The summed E-state index contributed by atoms with van der Waals surface area (Å²) >= 11 is 6.15. The van der Waals surface area contributed by atoms with E-state index < -0.39 is 0 Å². The maximum atomic E-state index is 11.6. The highest BCUT2D eigenvalue weighted by molar-refractivity contribution is 6.35. The van der Waals surface area contributed by atoms with E-state index in [1.54, 1.807) is 0 Å². The van der Waals surface area contributed by atoms with E-state index in [1.165, 1.54) is 0 Å². The average molecular weight is 210 g/mol. The third kappa shape index (κ3) is 1.30. The van der Waals surface area contributed by atoms with Crippen molar-refractivity contribution in [3.05, 3.63) is 33.3 Å². The number of nitrogens with one attached hydrogen (secondary N) is 1. The third-order valence-electron chi connectivity index (χ3n) is 2.76. The Labute approximate surface area is 88.3 Å². The molecule has 1 heterocycles. The Hall–Kier alpha value is -1.02. The molecule has 2 nitrogen and oxygen atoms in total. The van der Waals surface area contributed by atoms with Gasteiger partial charge in [-0.3, -0.25) is 4.79 Å². The van der Waals surface area contributed by atoms with Gasteiger partial charge in [0.25, 0.3) is 5.91 Å². The van der Waals surface area contributed by atoms with Crippen LogP contribution in [0.2, 0.25) is 5.02 Å². The molecule has 0 aromatic heterocycles. The molecule has 1 aliphatic rings. The van der Waals surface area contributed by atoms with Gasteiger partial charge in [0, 0.05) is 6.54 Å². The summed E-state index contributed by atoms with van der Waals surface area (Å²) in [4.78, 5) is 11.6. The first kappa shape index (κ1) is 9.53. The van der Waals surface area contributed by atoms with Gasteiger partial charge in [0.05, 0.1) is 10.6 Å². The minimum atomic E-state index is -0.0423. The average Bonchev–Trinajstić information content (AvgIpc) is 2.14. The highest BCUT2D eigenvalue weighted by Gasteiger charge is 2.21. The molecule has 0 saturated heterocycles. The summed E-state index contributed by atoms with van der Waals surface area (Å²) in [6, 6.07) is 2.06. The van der Waals surface area contributed by atoms with Gasteiger partial charge in [-0.25, -0.2) is 0 Å². The largest absolute Gasteiger partial charge is 0.352 e. The van der Waals surface area contributed by atoms with Crippen LogP contribution in [0.1, 0.15) is 27.0 Å². The first-order valence-electron chi connectivity index (χ1n) is 4.68. The van der Waals surface area contributed by atoms with Crippen LogP contribution in [0.4, 0.5) is 0 Å². The zero-order chi connectivity index (χ0) is 10.3. The third-order valence-corrected chi connectivity index (χ3v) is 3.23. The van der Waals surface area contributed by atoms with E-state index >= 15 is 0 Å². The highest BCUT2D eigenvalue weighted by Crippen LogP contribution is 2.28. The summed E-state index contributed by atoms with van der Waals surface area (Å²) in [6.45, 7) is 4.68. The highest BCUT2D eigenvalue weighted by atomic mass is 35.5. The summed E-state index contributed by atoms with van der Waals surface area (Å²) in [5, 5.41) is 3.41. The fraction of sp³-hybridized carbons (Fsp3) is 0.364. The molecule has 1 aromatic carbocycles. The topological polar surface area (TPSA) is 29.1 Å². The zero-order valence-corrected chi connectivity index (χ0v) is 9.03. The predicted molar refractivity (Wildman–Crippen MR) is 57.0 cm³/mol. The van der Waals surface area contributed by atoms with Crippen molar-refractivity contribution in [2.75, 3.05) is 6.54 Å². The second-order valence-corrected chi connectivity index (χ2v) is 4.05. The molecule has 1 amide bonds. The van der Waals surface area contributed by atoms with E-state index in [0.29, 0.717) is 17.1 Å². The van der Waals surface area contributed by atoms with Crippen molar-refractivity contribution in [2.45, 2.75) is 20.3 Å². The monoisotopic (exact) mass is 209 g/mol. The maximum Gasteiger partial charge on any atom is 0.253 e. The predicted octanol–water partition coefficient (Wildman–Crippen LogP) is 2.24. The van der Waals surface area contributed by atoms with E-state index in [0.717, 1.165) is 23.1 Å². The van der Waals surface area contributed by atoms with Crippen molar-refractivity contribution >= 4 is 17.5 Å². The Bertz CT molecular complexity index is 412. The fourth-order valence-corrected chi connectivity index (χ4v) is 2.14. The Morgan fingerprint density at radius 3 is 2.86 bits per heavy atom. The summed E-state index contributed by atoms with van der Waals surface area (Å²) in [7, 11) is 0. The van der Waals surface area contributed by atoms with Crippen LogP contribution < -0.4 is 5.32 Å². The normalized spacial score (nSPS) is 14.9. The first-order chi connectivity index (χ1) is 6.61. The molecule has 0 atom stereocenters. The molecule has 0 unspecified atom stereocenters. The number of aryl methyl sites for hydroxylation is 1. The van der Waals surface area contributed by atoms with Gasteiger partial charge >= 0.3 is 0 Å². The molecule has 0 aliphatic carbocycles. The van der Waals surface area contributed by atoms with Gasteiger partial charge in [-0.1, -0.05) is 17.7 Å². The molecule has 0 spiro atoms. The van der Waals surface area contributed by atoms with Crippen molar-refractivity contribution in [3.8, 4) is 0 Å².